The number of amides is 1. The Balaban J connectivity index is 1.72. The van der Waals surface area contributed by atoms with E-state index >= 15 is 0 Å². The van der Waals surface area contributed by atoms with E-state index in [1.807, 2.05) is 26.1 Å². The minimum Gasteiger partial charge on any atom is -0.497 e. The van der Waals surface area contributed by atoms with Crippen LogP contribution in [0.5, 0.6) is 5.75 Å². The number of methoxy groups -OCH3 is 1. The first-order valence-electron chi connectivity index (χ1n) is 13.3. The van der Waals surface area contributed by atoms with Crippen molar-refractivity contribution in [2.45, 2.75) is 69.2 Å². The number of esters is 1. The highest BCUT2D eigenvalue weighted by molar-refractivity contribution is 5.72. The van der Waals surface area contributed by atoms with Crippen molar-refractivity contribution in [2.24, 2.45) is 5.41 Å². The van der Waals surface area contributed by atoms with Crippen molar-refractivity contribution in [3.8, 4) is 5.75 Å². The number of aliphatic hydroxyl groups is 1. The number of hydrogen-bond acceptors (Lipinski definition) is 8. The summed E-state index contributed by atoms with van der Waals surface area (Å²) in [7, 11) is 3.62. The summed E-state index contributed by atoms with van der Waals surface area (Å²) in [5.74, 6) is 0.280. The molecule has 37 heavy (non-hydrogen) atoms. The molecule has 1 amide bonds. The molecule has 1 aromatic rings. The summed E-state index contributed by atoms with van der Waals surface area (Å²) in [6, 6.07) is 5.67. The molecule has 1 saturated carbocycles. The summed E-state index contributed by atoms with van der Waals surface area (Å²) < 4.78 is 16.9. The Bertz CT molecular complexity index is 1110. The fourth-order valence-corrected chi connectivity index (χ4v) is 8.10. The van der Waals surface area contributed by atoms with Gasteiger partial charge in [-0.15, -0.1) is 0 Å². The highest BCUT2D eigenvalue weighted by Crippen LogP contribution is 2.67. The van der Waals surface area contributed by atoms with Crippen molar-refractivity contribution < 1.29 is 28.9 Å². The fourth-order valence-electron chi connectivity index (χ4n) is 8.10. The predicted molar refractivity (Wildman–Crippen MR) is 139 cm³/mol. The molecular formula is C28H39N3O6. The van der Waals surface area contributed by atoms with Crippen molar-refractivity contribution in [3.05, 3.63) is 35.9 Å². The number of alkyl carbamates (subject to hydrolysis) is 1. The van der Waals surface area contributed by atoms with Gasteiger partial charge in [0.1, 0.15) is 17.5 Å². The molecule has 4 aliphatic rings. The summed E-state index contributed by atoms with van der Waals surface area (Å²) in [5.41, 5.74) is -0.557. The maximum atomic E-state index is 12.9. The molecule has 1 spiro atoms. The van der Waals surface area contributed by atoms with Gasteiger partial charge in [0.05, 0.1) is 26.3 Å². The van der Waals surface area contributed by atoms with E-state index < -0.39 is 40.6 Å². The van der Waals surface area contributed by atoms with E-state index in [0.29, 0.717) is 12.8 Å². The third-order valence-electron chi connectivity index (χ3n) is 9.17. The number of ether oxygens (including phenoxy) is 3. The number of anilines is 1. The fraction of sp³-hybridized carbons (Fsp3) is 0.643. The van der Waals surface area contributed by atoms with Gasteiger partial charge in [-0.1, -0.05) is 32.1 Å². The van der Waals surface area contributed by atoms with Gasteiger partial charge in [-0.25, -0.2) is 4.79 Å². The van der Waals surface area contributed by atoms with Gasteiger partial charge in [0.2, 0.25) is 0 Å². The summed E-state index contributed by atoms with van der Waals surface area (Å²) in [5, 5.41) is 15.7. The largest absolute Gasteiger partial charge is 0.497 e. The molecule has 5 rings (SSSR count). The van der Waals surface area contributed by atoms with E-state index in [9.17, 15) is 14.7 Å². The molecule has 9 nitrogen and oxygen atoms in total. The van der Waals surface area contributed by atoms with Crippen molar-refractivity contribution in [1.29, 1.82) is 0 Å². The molecule has 1 aliphatic carbocycles. The van der Waals surface area contributed by atoms with Gasteiger partial charge in [0.15, 0.2) is 0 Å². The zero-order valence-corrected chi connectivity index (χ0v) is 22.5. The number of benzene rings is 1. The first-order valence-corrected chi connectivity index (χ1v) is 13.3. The minimum atomic E-state index is -1.61. The van der Waals surface area contributed by atoms with E-state index in [0.717, 1.165) is 36.5 Å². The van der Waals surface area contributed by atoms with Crippen molar-refractivity contribution >= 4 is 17.7 Å². The third kappa shape index (κ3) is 3.50. The maximum Gasteiger partial charge on any atom is 0.407 e. The summed E-state index contributed by atoms with van der Waals surface area (Å²) in [6.07, 6.45) is 5.01. The van der Waals surface area contributed by atoms with Gasteiger partial charge < -0.3 is 29.5 Å². The highest BCUT2D eigenvalue weighted by Gasteiger charge is 2.77. The standard InChI is InChI=1S/C28H39N3O6/c1-6-15-36-25(33)29-17-28(34)23-27(20-10-9-19(35-5)16-21(20)30(23)4)12-14-31-13-8-11-26(7-2,22(27)31)24(28)37-18(3)32/h8-11,16,22-24,34H,6-7,12-15,17H2,1-5H3,(H,29,33)/t22-,23+,24+,26+,27+,28-/m0/s1. The molecule has 1 aromatic carbocycles. The first kappa shape index (κ1) is 25.9. The number of nitrogens with one attached hydrogen (secondary N) is 1. The Morgan fingerprint density at radius 3 is 2.70 bits per heavy atom. The van der Waals surface area contributed by atoms with E-state index in [2.05, 4.69) is 40.3 Å². The number of carbonyl (C=O) groups is 2. The lowest BCUT2D eigenvalue weighted by atomic mass is 9.47. The number of carbonyl (C=O) groups excluding carboxylic acids is 2. The van der Waals surface area contributed by atoms with Crippen molar-refractivity contribution in [2.75, 3.05) is 45.3 Å². The Morgan fingerprint density at radius 1 is 1.24 bits per heavy atom. The van der Waals surface area contributed by atoms with Crippen molar-refractivity contribution in [1.82, 2.24) is 10.2 Å². The van der Waals surface area contributed by atoms with E-state index in [1.54, 1.807) is 7.11 Å². The molecule has 2 fully saturated rings. The van der Waals surface area contributed by atoms with Crippen LogP contribution in [0, 0.1) is 5.41 Å². The third-order valence-corrected chi connectivity index (χ3v) is 9.17. The molecule has 0 unspecified atom stereocenters. The average Bonchev–Trinajstić information content (AvgIpc) is 3.40. The van der Waals surface area contributed by atoms with Gasteiger partial charge in [-0.05, 0) is 37.4 Å². The zero-order chi connectivity index (χ0) is 26.6. The quantitative estimate of drug-likeness (QED) is 0.424. The second-order valence-electron chi connectivity index (χ2n) is 10.9. The van der Waals surface area contributed by atoms with Gasteiger partial charge in [-0.3, -0.25) is 9.69 Å². The average molecular weight is 514 g/mol. The lowest BCUT2D eigenvalue weighted by Gasteiger charge is -2.64. The second-order valence-corrected chi connectivity index (χ2v) is 10.9. The monoisotopic (exact) mass is 513 g/mol. The normalized spacial score (nSPS) is 35.4. The van der Waals surface area contributed by atoms with Crippen LogP contribution in [0.25, 0.3) is 0 Å². The van der Waals surface area contributed by atoms with Crippen LogP contribution in [0.1, 0.15) is 45.6 Å². The molecular weight excluding hydrogens is 474 g/mol. The first-order chi connectivity index (χ1) is 17.7. The number of fused-ring (bicyclic) bond motifs is 1. The lowest BCUT2D eigenvalue weighted by molar-refractivity contribution is -0.217. The van der Waals surface area contributed by atoms with Gasteiger partial charge in [-0.2, -0.15) is 0 Å². The number of likely N-dealkylation sites (N-methyl/N-ethyl adjacent to an activating group) is 1. The van der Waals surface area contributed by atoms with Crippen LogP contribution in [0.3, 0.4) is 0 Å². The Labute approximate surface area is 218 Å². The van der Waals surface area contributed by atoms with Gasteiger partial charge in [0, 0.05) is 49.1 Å². The number of hydrogen-bond donors (Lipinski definition) is 2. The summed E-state index contributed by atoms with van der Waals surface area (Å²) in [6.45, 7) is 7.24. The molecule has 3 heterocycles. The molecule has 9 heteroatoms. The molecule has 1 saturated heterocycles. The van der Waals surface area contributed by atoms with Crippen LogP contribution in [0.2, 0.25) is 0 Å². The predicted octanol–water partition coefficient (Wildman–Crippen LogP) is 2.60. The summed E-state index contributed by atoms with van der Waals surface area (Å²) in [4.78, 5) is 29.7. The van der Waals surface area contributed by atoms with Crippen LogP contribution < -0.4 is 15.0 Å². The zero-order valence-electron chi connectivity index (χ0n) is 22.5. The number of rotatable bonds is 7. The highest BCUT2D eigenvalue weighted by atomic mass is 16.6. The molecule has 0 bridgehead atoms. The van der Waals surface area contributed by atoms with E-state index in [1.165, 1.54) is 6.92 Å². The lowest BCUT2D eigenvalue weighted by Crippen LogP contribution is -2.81. The summed E-state index contributed by atoms with van der Waals surface area (Å²) >= 11 is 0. The van der Waals surface area contributed by atoms with Crippen molar-refractivity contribution in [3.63, 3.8) is 0 Å². The van der Waals surface area contributed by atoms with Gasteiger partial charge >= 0.3 is 12.1 Å². The molecule has 3 aliphatic heterocycles. The minimum absolute atomic E-state index is 0.00811. The van der Waals surface area contributed by atoms with Crippen LogP contribution in [-0.2, 0) is 19.7 Å². The van der Waals surface area contributed by atoms with Crippen LogP contribution in [-0.4, -0.2) is 86.3 Å². The number of nitrogens with zero attached hydrogens (tertiary/aromatic N) is 2. The van der Waals surface area contributed by atoms with E-state index in [-0.39, 0.29) is 19.2 Å². The molecule has 6 atom stereocenters. The van der Waals surface area contributed by atoms with Crippen LogP contribution in [0.15, 0.2) is 30.4 Å². The van der Waals surface area contributed by atoms with Crippen LogP contribution in [0.4, 0.5) is 10.5 Å². The Hall–Kier alpha value is -2.78. The SMILES string of the molecule is CCCOC(=O)NC[C@@]1(O)[C@H](OC(C)=O)[C@]2(CC)C=CCN3CC[C@@]4(c5ccc(OC)cc5N(C)[C@@H]14)[C@@H]32. The van der Waals surface area contributed by atoms with Gasteiger partial charge in [0.25, 0.3) is 0 Å². The smallest absolute Gasteiger partial charge is 0.407 e. The topological polar surface area (TPSA) is 101 Å². The molecule has 2 N–H and O–H groups in total. The Kier molecular flexibility index (Phi) is 6.43. The molecule has 202 valence electrons. The van der Waals surface area contributed by atoms with Crippen LogP contribution >= 0.6 is 0 Å². The Morgan fingerprint density at radius 2 is 2.03 bits per heavy atom. The maximum absolute atomic E-state index is 12.9. The van der Waals surface area contributed by atoms with E-state index in [4.69, 9.17) is 14.2 Å². The molecule has 0 aromatic heterocycles. The second kappa shape index (κ2) is 9.20. The molecule has 0 radical (unpaired) electrons.